The van der Waals surface area contributed by atoms with E-state index in [1.807, 2.05) is 20.8 Å². The Bertz CT molecular complexity index is 178. The van der Waals surface area contributed by atoms with Crippen LogP contribution in [0.4, 0.5) is 0 Å². The third kappa shape index (κ3) is 4.50. The lowest BCUT2D eigenvalue weighted by atomic mass is 9.89. The molecule has 0 fully saturated rings. The summed E-state index contributed by atoms with van der Waals surface area (Å²) in [5.41, 5.74) is -0.318. The zero-order valence-electron chi connectivity index (χ0n) is 8.52. The van der Waals surface area contributed by atoms with E-state index in [0.29, 0.717) is 19.5 Å². The Morgan fingerprint density at radius 2 is 2.00 bits per heavy atom. The molecule has 0 aromatic rings. The Labute approximate surface area is 79.1 Å². The number of hydrogen-bond acceptors (Lipinski definition) is 2. The third-order valence-electron chi connectivity index (χ3n) is 2.14. The fourth-order valence-corrected chi connectivity index (χ4v) is 0.707. The van der Waals surface area contributed by atoms with Crippen molar-refractivity contribution < 1.29 is 9.59 Å². The second-order valence-electron chi connectivity index (χ2n) is 3.57. The first kappa shape index (κ1) is 11.9. The summed E-state index contributed by atoms with van der Waals surface area (Å²) in [6.45, 7) is 6.74. The van der Waals surface area contributed by atoms with Crippen molar-refractivity contribution in [2.45, 2.75) is 27.2 Å². The van der Waals surface area contributed by atoms with Crippen molar-refractivity contribution in [2.75, 3.05) is 13.1 Å². The molecule has 76 valence electrons. The van der Waals surface area contributed by atoms with Gasteiger partial charge in [0.15, 0.2) is 0 Å². The number of carbonyl (C=O) groups excluding carboxylic acids is 2. The van der Waals surface area contributed by atoms with Gasteiger partial charge in [0, 0.05) is 18.5 Å². The first-order valence-corrected chi connectivity index (χ1v) is 4.50. The van der Waals surface area contributed by atoms with Crippen LogP contribution in [0.25, 0.3) is 0 Å². The van der Waals surface area contributed by atoms with Gasteiger partial charge in [-0.3, -0.25) is 9.59 Å². The number of hydrogen-bond donors (Lipinski definition) is 2. The highest BCUT2D eigenvalue weighted by Crippen LogP contribution is 2.18. The van der Waals surface area contributed by atoms with Crippen molar-refractivity contribution in [1.29, 1.82) is 0 Å². The van der Waals surface area contributed by atoms with Gasteiger partial charge in [0.2, 0.25) is 12.3 Å². The maximum atomic E-state index is 11.4. The van der Waals surface area contributed by atoms with E-state index in [9.17, 15) is 9.59 Å². The van der Waals surface area contributed by atoms with E-state index in [0.717, 1.165) is 6.42 Å². The smallest absolute Gasteiger partial charge is 0.225 e. The van der Waals surface area contributed by atoms with E-state index in [1.165, 1.54) is 0 Å². The Balaban J connectivity index is 3.68. The second kappa shape index (κ2) is 5.56. The van der Waals surface area contributed by atoms with E-state index in [4.69, 9.17) is 0 Å². The first-order valence-electron chi connectivity index (χ1n) is 4.50. The third-order valence-corrected chi connectivity index (χ3v) is 2.14. The molecule has 2 amide bonds. The summed E-state index contributed by atoms with van der Waals surface area (Å²) in [7, 11) is 0. The lowest BCUT2D eigenvalue weighted by Crippen LogP contribution is -2.39. The predicted octanol–water partition coefficient (Wildman–Crippen LogP) is 0.285. The molecule has 0 rings (SSSR count). The molecule has 0 aliphatic carbocycles. The Morgan fingerprint density at radius 3 is 2.46 bits per heavy atom. The van der Waals surface area contributed by atoms with Crippen LogP contribution in [0.3, 0.4) is 0 Å². The van der Waals surface area contributed by atoms with Crippen molar-refractivity contribution in [3.05, 3.63) is 0 Å². The molecule has 0 aliphatic heterocycles. The number of amides is 2. The van der Waals surface area contributed by atoms with Crippen LogP contribution in [0.5, 0.6) is 0 Å². The normalized spacial score (nSPS) is 10.7. The molecule has 4 nitrogen and oxygen atoms in total. The highest BCUT2D eigenvalue weighted by molar-refractivity contribution is 5.81. The van der Waals surface area contributed by atoms with Gasteiger partial charge in [-0.1, -0.05) is 20.8 Å². The van der Waals surface area contributed by atoms with Gasteiger partial charge in [-0.15, -0.1) is 0 Å². The van der Waals surface area contributed by atoms with E-state index >= 15 is 0 Å². The number of nitrogens with one attached hydrogen (secondary N) is 2. The molecular formula is C9H18N2O2. The standard InChI is InChI=1S/C9H18N2O2/c1-4-9(2,3)8(13)11-6-5-10-7-12/h7H,4-6H2,1-3H3,(H,10,12)(H,11,13). The fraction of sp³-hybridized carbons (Fsp3) is 0.778. The van der Waals surface area contributed by atoms with Crippen LogP contribution in [0.2, 0.25) is 0 Å². The largest absolute Gasteiger partial charge is 0.357 e. The van der Waals surface area contributed by atoms with E-state index in [2.05, 4.69) is 10.6 Å². The molecule has 0 unspecified atom stereocenters. The van der Waals surface area contributed by atoms with Crippen LogP contribution in [0.1, 0.15) is 27.2 Å². The highest BCUT2D eigenvalue weighted by atomic mass is 16.2. The average molecular weight is 186 g/mol. The van der Waals surface area contributed by atoms with Gasteiger partial charge >= 0.3 is 0 Å². The molecule has 0 atom stereocenters. The zero-order valence-corrected chi connectivity index (χ0v) is 8.52. The minimum absolute atomic E-state index is 0.0303. The van der Waals surface area contributed by atoms with Gasteiger partial charge in [0.05, 0.1) is 0 Å². The van der Waals surface area contributed by atoms with Crippen molar-refractivity contribution in [2.24, 2.45) is 5.41 Å². The first-order chi connectivity index (χ1) is 6.04. The summed E-state index contributed by atoms with van der Waals surface area (Å²) < 4.78 is 0. The van der Waals surface area contributed by atoms with Gasteiger partial charge in [-0.2, -0.15) is 0 Å². The van der Waals surface area contributed by atoms with Gasteiger partial charge in [-0.25, -0.2) is 0 Å². The van der Waals surface area contributed by atoms with Gasteiger partial charge < -0.3 is 10.6 Å². The molecule has 0 saturated heterocycles. The molecule has 0 aliphatic rings. The average Bonchev–Trinajstić information content (AvgIpc) is 2.12. The van der Waals surface area contributed by atoms with Crippen molar-refractivity contribution >= 4 is 12.3 Å². The quantitative estimate of drug-likeness (QED) is 0.462. The molecule has 0 spiro atoms. The van der Waals surface area contributed by atoms with E-state index in [-0.39, 0.29) is 11.3 Å². The van der Waals surface area contributed by atoms with Crippen LogP contribution >= 0.6 is 0 Å². The molecule has 0 saturated carbocycles. The monoisotopic (exact) mass is 186 g/mol. The van der Waals surface area contributed by atoms with Crippen molar-refractivity contribution in [3.63, 3.8) is 0 Å². The predicted molar refractivity (Wildman–Crippen MR) is 51.1 cm³/mol. The number of rotatable bonds is 6. The highest BCUT2D eigenvalue weighted by Gasteiger charge is 2.24. The van der Waals surface area contributed by atoms with Gasteiger partial charge in [-0.05, 0) is 6.42 Å². The van der Waals surface area contributed by atoms with Gasteiger partial charge in [0.25, 0.3) is 0 Å². The summed E-state index contributed by atoms with van der Waals surface area (Å²) in [4.78, 5) is 21.3. The molecular weight excluding hydrogens is 168 g/mol. The zero-order chi connectivity index (χ0) is 10.3. The second-order valence-corrected chi connectivity index (χ2v) is 3.57. The lowest BCUT2D eigenvalue weighted by molar-refractivity contribution is -0.129. The molecule has 0 bridgehead atoms. The minimum Gasteiger partial charge on any atom is -0.357 e. The van der Waals surface area contributed by atoms with E-state index in [1.54, 1.807) is 0 Å². The lowest BCUT2D eigenvalue weighted by Gasteiger charge is -2.21. The topological polar surface area (TPSA) is 58.2 Å². The molecule has 2 N–H and O–H groups in total. The van der Waals surface area contributed by atoms with Crippen LogP contribution in [-0.2, 0) is 9.59 Å². The Hall–Kier alpha value is -1.06. The summed E-state index contributed by atoms with van der Waals surface area (Å²) >= 11 is 0. The maximum Gasteiger partial charge on any atom is 0.225 e. The fourth-order valence-electron chi connectivity index (χ4n) is 0.707. The van der Waals surface area contributed by atoms with Crippen LogP contribution < -0.4 is 10.6 Å². The SMILES string of the molecule is CCC(C)(C)C(=O)NCCNC=O. The maximum absolute atomic E-state index is 11.4. The van der Waals surface area contributed by atoms with Crippen molar-refractivity contribution in [3.8, 4) is 0 Å². The summed E-state index contributed by atoms with van der Waals surface area (Å²) in [5, 5.41) is 5.23. The van der Waals surface area contributed by atoms with Crippen molar-refractivity contribution in [1.82, 2.24) is 10.6 Å². The minimum atomic E-state index is -0.318. The molecule has 0 aromatic heterocycles. The molecule has 0 heterocycles. The summed E-state index contributed by atoms with van der Waals surface area (Å²) in [6, 6.07) is 0. The molecule has 0 radical (unpaired) electrons. The van der Waals surface area contributed by atoms with Crippen LogP contribution in [-0.4, -0.2) is 25.4 Å². The van der Waals surface area contributed by atoms with Crippen LogP contribution in [0, 0.1) is 5.41 Å². The van der Waals surface area contributed by atoms with Gasteiger partial charge in [0.1, 0.15) is 0 Å². The van der Waals surface area contributed by atoms with Crippen LogP contribution in [0.15, 0.2) is 0 Å². The summed E-state index contributed by atoms with van der Waals surface area (Å²) in [5.74, 6) is 0.0303. The Morgan fingerprint density at radius 1 is 1.38 bits per heavy atom. The molecule has 0 aromatic carbocycles. The van der Waals surface area contributed by atoms with E-state index < -0.39 is 0 Å². The summed E-state index contributed by atoms with van der Waals surface area (Å²) in [6.07, 6.45) is 1.43. The Kier molecular flexibility index (Phi) is 5.11. The molecule has 4 heteroatoms. The molecule has 13 heavy (non-hydrogen) atoms. The number of carbonyl (C=O) groups is 2.